The number of allylic oxidation sites excluding steroid dienone is 2. The maximum Gasteiger partial charge on any atom is 0.348 e. The van der Waals surface area contributed by atoms with E-state index in [0.717, 1.165) is 56.9 Å². The van der Waals surface area contributed by atoms with E-state index in [1.165, 1.54) is 12.5 Å². The Bertz CT molecular complexity index is 880. The second-order valence-corrected chi connectivity index (χ2v) is 10.4. The Morgan fingerprint density at radius 2 is 1.87 bits per heavy atom. The van der Waals surface area contributed by atoms with Crippen LogP contribution >= 0.6 is 0 Å². The number of hydrogen-bond acceptors (Lipinski definition) is 5. The van der Waals surface area contributed by atoms with Crippen molar-refractivity contribution in [3.8, 4) is 6.07 Å². The Morgan fingerprint density at radius 1 is 1.16 bits per heavy atom. The van der Waals surface area contributed by atoms with E-state index >= 15 is 0 Å². The fraction of sp³-hybridized carbons (Fsp3) is 0.731. The van der Waals surface area contributed by atoms with Crippen LogP contribution in [0.25, 0.3) is 0 Å². The largest absolute Gasteiger partial charge is 0.462 e. The highest BCUT2D eigenvalue weighted by atomic mass is 16.5. The second-order valence-electron chi connectivity index (χ2n) is 10.4. The molecule has 0 aromatic carbocycles. The molecule has 4 unspecified atom stereocenters. The Morgan fingerprint density at radius 3 is 2.55 bits per heavy atom. The molecule has 0 N–H and O–H groups in total. The van der Waals surface area contributed by atoms with Crippen LogP contribution in [-0.2, 0) is 19.1 Å². The molecule has 31 heavy (non-hydrogen) atoms. The molecule has 0 amide bonds. The summed E-state index contributed by atoms with van der Waals surface area (Å²) in [4.78, 5) is 23.9. The molecule has 3 fully saturated rings. The Hall–Kier alpha value is -2.09. The van der Waals surface area contributed by atoms with Crippen molar-refractivity contribution in [3.05, 3.63) is 22.8 Å². The summed E-state index contributed by atoms with van der Waals surface area (Å²) in [5.41, 5.74) is 2.86. The minimum Gasteiger partial charge on any atom is -0.462 e. The maximum atomic E-state index is 12.5. The van der Waals surface area contributed by atoms with Gasteiger partial charge in [0, 0.05) is 13.3 Å². The molecule has 0 bridgehead atoms. The standard InChI is InChI=1S/C26H35NO4/c1-5-30-24(29)20(15-27)22-9-8-21-19-7-6-17-14-18(31-16(2)28)10-12-25(17,3)23(19)11-13-26(21,22)4/h6,18-19,21,23H,5,7-14H2,1-4H3/t18?,19?,21?,23?,25-,26-/m0/s1. The number of ether oxygens (including phenoxy) is 2. The van der Waals surface area contributed by atoms with Crippen molar-refractivity contribution in [2.24, 2.45) is 28.6 Å². The van der Waals surface area contributed by atoms with Gasteiger partial charge in [0.15, 0.2) is 0 Å². The van der Waals surface area contributed by atoms with Crippen molar-refractivity contribution in [1.29, 1.82) is 5.26 Å². The summed E-state index contributed by atoms with van der Waals surface area (Å²) < 4.78 is 10.7. The van der Waals surface area contributed by atoms with Gasteiger partial charge >= 0.3 is 11.9 Å². The Labute approximate surface area is 185 Å². The average molecular weight is 426 g/mol. The van der Waals surface area contributed by atoms with Gasteiger partial charge in [-0.05, 0) is 86.0 Å². The molecule has 0 saturated heterocycles. The van der Waals surface area contributed by atoms with E-state index in [0.29, 0.717) is 24.4 Å². The smallest absolute Gasteiger partial charge is 0.348 e. The number of hydrogen-bond donors (Lipinski definition) is 0. The highest BCUT2D eigenvalue weighted by Gasteiger charge is 2.58. The van der Waals surface area contributed by atoms with Crippen LogP contribution < -0.4 is 0 Å². The first kappa shape index (κ1) is 22.1. The molecule has 3 saturated carbocycles. The molecule has 0 spiro atoms. The van der Waals surface area contributed by atoms with E-state index in [1.807, 2.05) is 0 Å². The van der Waals surface area contributed by atoms with Crippen molar-refractivity contribution < 1.29 is 19.1 Å². The number of carbonyl (C=O) groups excluding carboxylic acids is 2. The Balaban J connectivity index is 1.62. The normalized spacial score (nSPS) is 40.4. The molecule has 6 atom stereocenters. The van der Waals surface area contributed by atoms with Gasteiger partial charge in [-0.25, -0.2) is 4.79 Å². The topological polar surface area (TPSA) is 76.4 Å². The lowest BCUT2D eigenvalue weighted by Gasteiger charge is -2.57. The molecule has 4 aliphatic rings. The van der Waals surface area contributed by atoms with E-state index in [4.69, 9.17) is 9.47 Å². The third-order valence-electron chi connectivity index (χ3n) is 9.07. The average Bonchev–Trinajstić information content (AvgIpc) is 3.06. The molecular weight excluding hydrogens is 390 g/mol. The van der Waals surface area contributed by atoms with Crippen LogP contribution in [0.3, 0.4) is 0 Å². The predicted octanol–water partition coefficient (Wildman–Crippen LogP) is 5.26. The van der Waals surface area contributed by atoms with Crippen molar-refractivity contribution in [2.45, 2.75) is 85.2 Å². The fourth-order valence-corrected chi connectivity index (χ4v) is 7.63. The molecule has 168 valence electrons. The van der Waals surface area contributed by atoms with Gasteiger partial charge in [-0.15, -0.1) is 0 Å². The zero-order valence-electron chi connectivity index (χ0n) is 19.3. The number of nitrogens with zero attached hydrogens (tertiary/aromatic N) is 1. The summed E-state index contributed by atoms with van der Waals surface area (Å²) in [6.45, 7) is 8.28. The highest BCUT2D eigenvalue weighted by Crippen LogP contribution is 2.66. The first-order valence-corrected chi connectivity index (χ1v) is 11.9. The minimum absolute atomic E-state index is 0.0195. The molecular formula is C26H35NO4. The monoisotopic (exact) mass is 425 g/mol. The molecule has 5 nitrogen and oxygen atoms in total. The summed E-state index contributed by atoms with van der Waals surface area (Å²) in [6.07, 6.45) is 10.4. The summed E-state index contributed by atoms with van der Waals surface area (Å²) in [7, 11) is 0. The quantitative estimate of drug-likeness (QED) is 0.267. The summed E-state index contributed by atoms with van der Waals surface area (Å²) in [6, 6.07) is 2.18. The minimum atomic E-state index is -0.453. The van der Waals surface area contributed by atoms with E-state index in [9.17, 15) is 14.9 Å². The highest BCUT2D eigenvalue weighted by molar-refractivity contribution is 5.94. The third-order valence-corrected chi connectivity index (χ3v) is 9.07. The van der Waals surface area contributed by atoms with Crippen LogP contribution in [0.5, 0.6) is 0 Å². The van der Waals surface area contributed by atoms with Gasteiger partial charge < -0.3 is 9.47 Å². The first-order chi connectivity index (χ1) is 14.7. The van der Waals surface area contributed by atoms with Crippen LogP contribution in [0.4, 0.5) is 0 Å². The second kappa shape index (κ2) is 8.11. The van der Waals surface area contributed by atoms with Gasteiger partial charge in [-0.3, -0.25) is 4.79 Å². The predicted molar refractivity (Wildman–Crippen MR) is 117 cm³/mol. The number of esters is 2. The third kappa shape index (κ3) is 3.52. The van der Waals surface area contributed by atoms with Gasteiger partial charge in [0.25, 0.3) is 0 Å². The van der Waals surface area contributed by atoms with Crippen LogP contribution in [0, 0.1) is 39.9 Å². The summed E-state index contributed by atoms with van der Waals surface area (Å²) in [5.74, 6) is 1.07. The molecule has 0 aromatic rings. The van der Waals surface area contributed by atoms with E-state index in [1.54, 1.807) is 6.92 Å². The van der Waals surface area contributed by atoms with Gasteiger partial charge in [0.1, 0.15) is 17.7 Å². The molecule has 5 heteroatoms. The van der Waals surface area contributed by atoms with Crippen LogP contribution in [0.2, 0.25) is 0 Å². The molecule has 0 aromatic heterocycles. The maximum absolute atomic E-state index is 12.5. The first-order valence-electron chi connectivity index (χ1n) is 11.9. The number of rotatable bonds is 3. The van der Waals surface area contributed by atoms with E-state index in [-0.39, 0.29) is 28.5 Å². The van der Waals surface area contributed by atoms with Crippen LogP contribution in [0.15, 0.2) is 22.8 Å². The Kier molecular flexibility index (Phi) is 5.79. The number of carbonyl (C=O) groups is 2. The molecule has 0 radical (unpaired) electrons. The van der Waals surface area contributed by atoms with Crippen molar-refractivity contribution in [2.75, 3.05) is 6.61 Å². The van der Waals surface area contributed by atoms with Crippen molar-refractivity contribution >= 4 is 11.9 Å². The van der Waals surface area contributed by atoms with Gasteiger partial charge in [0.2, 0.25) is 0 Å². The summed E-state index contributed by atoms with van der Waals surface area (Å²) >= 11 is 0. The zero-order chi connectivity index (χ0) is 22.4. The van der Waals surface area contributed by atoms with Crippen molar-refractivity contribution in [3.63, 3.8) is 0 Å². The molecule has 4 rings (SSSR count). The van der Waals surface area contributed by atoms with Crippen LogP contribution in [-0.4, -0.2) is 24.6 Å². The zero-order valence-corrected chi connectivity index (χ0v) is 19.3. The van der Waals surface area contributed by atoms with Crippen LogP contribution in [0.1, 0.15) is 79.1 Å². The van der Waals surface area contributed by atoms with Gasteiger partial charge in [-0.2, -0.15) is 5.26 Å². The number of nitriles is 1. The van der Waals surface area contributed by atoms with Gasteiger partial charge in [0.05, 0.1) is 6.61 Å². The number of fused-ring (bicyclic) bond motifs is 5. The molecule has 0 aliphatic heterocycles. The van der Waals surface area contributed by atoms with E-state index < -0.39 is 5.97 Å². The molecule has 4 aliphatic carbocycles. The van der Waals surface area contributed by atoms with Crippen molar-refractivity contribution in [1.82, 2.24) is 0 Å². The summed E-state index contributed by atoms with van der Waals surface area (Å²) in [5, 5.41) is 9.75. The SMILES string of the molecule is CCOC(=O)C(C#N)=C1CCC2C3CC=C4CC(OC(C)=O)CC[C@]4(C)C3CC[C@]12C. The fourth-order valence-electron chi connectivity index (χ4n) is 7.63. The molecule has 0 heterocycles. The lowest BCUT2D eigenvalue weighted by molar-refractivity contribution is -0.148. The lowest BCUT2D eigenvalue weighted by Crippen LogP contribution is -2.50. The van der Waals surface area contributed by atoms with E-state index in [2.05, 4.69) is 26.0 Å². The lowest BCUT2D eigenvalue weighted by atomic mass is 9.47. The van der Waals surface area contributed by atoms with Gasteiger partial charge in [-0.1, -0.05) is 25.5 Å².